The summed E-state index contributed by atoms with van der Waals surface area (Å²) in [6.07, 6.45) is 5.73. The van der Waals surface area contributed by atoms with Crippen LogP contribution in [0.2, 0.25) is 0 Å². The summed E-state index contributed by atoms with van der Waals surface area (Å²) in [6.45, 7) is 3.87. The summed E-state index contributed by atoms with van der Waals surface area (Å²) < 4.78 is 37.6. The standard InChI is InChI=1S/C15H16FN3O3S/c1-10(2)19-9-12(8-18-19)14(20)6-4-11-3-5-13(16)15(7-11)23(17,21)22/h3-10H,1-2H3,(H2,17,21,22)/b6-4+. The molecule has 0 saturated carbocycles. The summed E-state index contributed by atoms with van der Waals surface area (Å²) >= 11 is 0. The Kier molecular flexibility index (Phi) is 4.76. The second-order valence-electron chi connectivity index (χ2n) is 5.24. The van der Waals surface area contributed by atoms with Crippen molar-refractivity contribution in [1.82, 2.24) is 9.78 Å². The Hall–Kier alpha value is -2.32. The van der Waals surface area contributed by atoms with E-state index in [1.165, 1.54) is 24.4 Å². The highest BCUT2D eigenvalue weighted by molar-refractivity contribution is 7.89. The number of carbonyl (C=O) groups is 1. The van der Waals surface area contributed by atoms with Crippen molar-refractivity contribution in [1.29, 1.82) is 0 Å². The van der Waals surface area contributed by atoms with Gasteiger partial charge in [0.2, 0.25) is 10.0 Å². The lowest BCUT2D eigenvalue weighted by atomic mass is 10.1. The fraction of sp³-hybridized carbons (Fsp3) is 0.200. The number of carbonyl (C=O) groups excluding carboxylic acids is 1. The molecule has 0 unspecified atom stereocenters. The highest BCUT2D eigenvalue weighted by Crippen LogP contribution is 2.16. The molecule has 2 aromatic rings. The Labute approximate surface area is 133 Å². The number of aromatic nitrogens is 2. The van der Waals surface area contributed by atoms with Crippen LogP contribution in [0.1, 0.15) is 35.8 Å². The number of primary sulfonamides is 1. The van der Waals surface area contributed by atoms with Crippen molar-refractivity contribution in [3.05, 3.63) is 53.6 Å². The van der Waals surface area contributed by atoms with Gasteiger partial charge in [-0.3, -0.25) is 9.48 Å². The molecule has 0 aliphatic rings. The molecule has 1 aromatic carbocycles. The van der Waals surface area contributed by atoms with Crippen LogP contribution in [0.5, 0.6) is 0 Å². The molecule has 2 N–H and O–H groups in total. The largest absolute Gasteiger partial charge is 0.289 e. The molecule has 0 saturated heterocycles. The van der Waals surface area contributed by atoms with Crippen LogP contribution in [0.4, 0.5) is 4.39 Å². The van der Waals surface area contributed by atoms with E-state index < -0.39 is 20.7 Å². The number of hydrogen-bond donors (Lipinski definition) is 1. The average Bonchev–Trinajstić information content (AvgIpc) is 2.95. The molecular weight excluding hydrogens is 321 g/mol. The van der Waals surface area contributed by atoms with Crippen LogP contribution in [-0.4, -0.2) is 24.0 Å². The summed E-state index contributed by atoms with van der Waals surface area (Å²) in [4.78, 5) is 11.4. The van der Waals surface area contributed by atoms with Crippen molar-refractivity contribution >= 4 is 21.9 Å². The van der Waals surface area contributed by atoms with Crippen LogP contribution < -0.4 is 5.14 Å². The molecule has 2 rings (SSSR count). The fourth-order valence-electron chi connectivity index (χ4n) is 1.86. The van der Waals surface area contributed by atoms with Gasteiger partial charge in [0.1, 0.15) is 10.7 Å². The smallest absolute Gasteiger partial charge is 0.240 e. The number of rotatable bonds is 5. The minimum atomic E-state index is -4.16. The first-order valence-corrected chi connectivity index (χ1v) is 8.32. The lowest BCUT2D eigenvalue weighted by Gasteiger charge is -2.02. The molecule has 6 nitrogen and oxygen atoms in total. The molecule has 0 bridgehead atoms. The molecule has 0 aliphatic carbocycles. The zero-order valence-corrected chi connectivity index (χ0v) is 13.4. The first-order valence-electron chi connectivity index (χ1n) is 6.77. The SMILES string of the molecule is CC(C)n1cc(C(=O)/C=C/c2ccc(F)c(S(N)(=O)=O)c2)cn1. The van der Waals surface area contributed by atoms with E-state index in [9.17, 15) is 17.6 Å². The van der Waals surface area contributed by atoms with Crippen molar-refractivity contribution in [3.8, 4) is 0 Å². The maximum absolute atomic E-state index is 13.4. The molecule has 1 heterocycles. The molecule has 0 fully saturated rings. The maximum Gasteiger partial charge on any atom is 0.240 e. The van der Waals surface area contributed by atoms with Crippen molar-refractivity contribution in [3.63, 3.8) is 0 Å². The van der Waals surface area contributed by atoms with Crippen LogP contribution in [0.25, 0.3) is 6.08 Å². The summed E-state index contributed by atoms with van der Waals surface area (Å²) in [5, 5.41) is 9.00. The molecule has 8 heteroatoms. The molecule has 0 atom stereocenters. The number of sulfonamides is 1. The van der Waals surface area contributed by atoms with Gasteiger partial charge in [-0.25, -0.2) is 17.9 Å². The number of nitrogens with two attached hydrogens (primary N) is 1. The van der Waals surface area contributed by atoms with Crippen molar-refractivity contribution in [2.75, 3.05) is 0 Å². The van der Waals surface area contributed by atoms with Gasteiger partial charge in [0.05, 0.1) is 11.8 Å². The van der Waals surface area contributed by atoms with Gasteiger partial charge in [0.25, 0.3) is 0 Å². The Morgan fingerprint density at radius 1 is 1.39 bits per heavy atom. The predicted octanol–water partition coefficient (Wildman–Crippen LogP) is 2.15. The second-order valence-corrected chi connectivity index (χ2v) is 6.77. The zero-order chi connectivity index (χ0) is 17.2. The number of ketones is 1. The van der Waals surface area contributed by atoms with Crippen LogP contribution >= 0.6 is 0 Å². The van der Waals surface area contributed by atoms with Gasteiger partial charge >= 0.3 is 0 Å². The van der Waals surface area contributed by atoms with E-state index in [4.69, 9.17) is 5.14 Å². The van der Waals surface area contributed by atoms with Crippen molar-refractivity contribution in [2.45, 2.75) is 24.8 Å². The maximum atomic E-state index is 13.4. The number of benzene rings is 1. The molecule has 0 radical (unpaired) electrons. The lowest BCUT2D eigenvalue weighted by molar-refractivity contribution is 0.104. The summed E-state index contributed by atoms with van der Waals surface area (Å²) in [5.74, 6) is -1.23. The topological polar surface area (TPSA) is 95.0 Å². The Morgan fingerprint density at radius 2 is 2.09 bits per heavy atom. The van der Waals surface area contributed by atoms with Crippen LogP contribution in [0, 0.1) is 5.82 Å². The molecule has 1 aromatic heterocycles. The first-order chi connectivity index (χ1) is 10.7. The first kappa shape index (κ1) is 17.0. The minimum absolute atomic E-state index is 0.134. The minimum Gasteiger partial charge on any atom is -0.289 e. The number of nitrogens with zero attached hydrogens (tertiary/aromatic N) is 2. The van der Waals surface area contributed by atoms with Crippen molar-refractivity contribution in [2.24, 2.45) is 5.14 Å². The summed E-state index contributed by atoms with van der Waals surface area (Å²) in [6, 6.07) is 3.55. The fourth-order valence-corrected chi connectivity index (χ4v) is 2.50. The summed E-state index contributed by atoms with van der Waals surface area (Å²) in [7, 11) is -4.16. The van der Waals surface area contributed by atoms with Gasteiger partial charge in [0, 0.05) is 12.2 Å². The Bertz CT molecular complexity index is 870. The van der Waals surface area contributed by atoms with E-state index in [-0.39, 0.29) is 11.8 Å². The Morgan fingerprint density at radius 3 is 2.65 bits per heavy atom. The van der Waals surface area contributed by atoms with Gasteiger partial charge in [0.15, 0.2) is 5.78 Å². The monoisotopic (exact) mass is 337 g/mol. The average molecular weight is 337 g/mol. The molecular formula is C15H16FN3O3S. The van der Waals surface area contributed by atoms with Gasteiger partial charge in [-0.2, -0.15) is 5.10 Å². The summed E-state index contributed by atoms with van der Waals surface area (Å²) in [5.41, 5.74) is 0.753. The third-order valence-corrected chi connectivity index (χ3v) is 4.03. The normalized spacial score (nSPS) is 12.2. The second kappa shape index (κ2) is 6.43. The van der Waals surface area contributed by atoms with E-state index in [1.807, 2.05) is 13.8 Å². The van der Waals surface area contributed by atoms with Crippen LogP contribution in [-0.2, 0) is 10.0 Å². The number of allylic oxidation sites excluding steroid dienone is 1. The van der Waals surface area contributed by atoms with Gasteiger partial charge in [-0.15, -0.1) is 0 Å². The molecule has 0 aliphatic heterocycles. The highest BCUT2D eigenvalue weighted by Gasteiger charge is 2.14. The molecule has 0 amide bonds. The van der Waals surface area contributed by atoms with E-state index >= 15 is 0 Å². The third-order valence-electron chi connectivity index (χ3n) is 3.10. The van der Waals surface area contributed by atoms with Gasteiger partial charge in [-0.05, 0) is 37.6 Å². The quantitative estimate of drug-likeness (QED) is 0.668. The number of hydrogen-bond acceptors (Lipinski definition) is 4. The van der Waals surface area contributed by atoms with Crippen molar-refractivity contribution < 1.29 is 17.6 Å². The van der Waals surface area contributed by atoms with E-state index in [1.54, 1.807) is 10.9 Å². The van der Waals surface area contributed by atoms with E-state index in [0.717, 1.165) is 12.1 Å². The Balaban J connectivity index is 2.24. The third kappa shape index (κ3) is 4.11. The van der Waals surface area contributed by atoms with Gasteiger partial charge < -0.3 is 0 Å². The van der Waals surface area contributed by atoms with E-state index in [0.29, 0.717) is 11.1 Å². The van der Waals surface area contributed by atoms with Crippen LogP contribution in [0.3, 0.4) is 0 Å². The van der Waals surface area contributed by atoms with Crippen LogP contribution in [0.15, 0.2) is 41.6 Å². The molecule has 23 heavy (non-hydrogen) atoms. The molecule has 122 valence electrons. The lowest BCUT2D eigenvalue weighted by Crippen LogP contribution is -2.14. The van der Waals surface area contributed by atoms with Gasteiger partial charge in [-0.1, -0.05) is 12.1 Å². The highest BCUT2D eigenvalue weighted by atomic mass is 32.2. The number of halogens is 1. The predicted molar refractivity (Wildman–Crippen MR) is 83.7 cm³/mol. The zero-order valence-electron chi connectivity index (χ0n) is 12.6. The molecule has 0 spiro atoms. The van der Waals surface area contributed by atoms with E-state index in [2.05, 4.69) is 5.10 Å².